The van der Waals surface area contributed by atoms with Gasteiger partial charge in [-0.2, -0.15) is 0 Å². The van der Waals surface area contributed by atoms with Gasteiger partial charge in [-0.1, -0.05) is 146 Å². The van der Waals surface area contributed by atoms with Crippen LogP contribution in [0.25, 0.3) is 43.1 Å². The molecule has 0 unspecified atom stereocenters. The predicted molar refractivity (Wildman–Crippen MR) is 235 cm³/mol. The van der Waals surface area contributed by atoms with Crippen molar-refractivity contribution in [2.24, 2.45) is 0 Å². The number of rotatable bonds is 12. The number of nitrogens with zero attached hydrogens (tertiary/aromatic N) is 2. The third-order valence-electron chi connectivity index (χ3n) is 10.6. The lowest BCUT2D eigenvalue weighted by molar-refractivity contribution is 0.319. The van der Waals surface area contributed by atoms with Crippen LogP contribution in [0.1, 0.15) is 22.3 Å². The molecular formula is C48H48B2N2O4. The lowest BCUT2D eigenvalue weighted by Crippen LogP contribution is -2.36. The van der Waals surface area contributed by atoms with Gasteiger partial charge < -0.3 is 19.4 Å². The van der Waals surface area contributed by atoms with Crippen molar-refractivity contribution in [2.45, 2.75) is 26.2 Å². The van der Waals surface area contributed by atoms with E-state index in [1.807, 2.05) is 36.4 Å². The van der Waals surface area contributed by atoms with Crippen molar-refractivity contribution in [3.63, 3.8) is 0 Å². The van der Waals surface area contributed by atoms with Crippen LogP contribution >= 0.6 is 0 Å². The van der Waals surface area contributed by atoms with Gasteiger partial charge in [0, 0.05) is 40.4 Å². The Bertz CT molecular complexity index is 2290. The summed E-state index contributed by atoms with van der Waals surface area (Å²) in [6, 6.07) is 54.6. The third kappa shape index (κ3) is 8.72. The summed E-state index contributed by atoms with van der Waals surface area (Å²) in [5, 5.41) is 30.5. The Morgan fingerprint density at radius 1 is 0.411 bits per heavy atom. The van der Waals surface area contributed by atoms with Crippen molar-refractivity contribution in [3.8, 4) is 0 Å². The topological polar surface area (TPSA) is 65.4 Å². The molecule has 56 heavy (non-hydrogen) atoms. The molecule has 0 aromatic heterocycles. The normalized spacial score (nSPS) is 11.4. The van der Waals surface area contributed by atoms with Crippen LogP contribution in [-0.4, -0.2) is 62.4 Å². The van der Waals surface area contributed by atoms with Crippen LogP contribution < -0.4 is 10.9 Å². The predicted octanol–water partition coefficient (Wildman–Crippen LogP) is 7.92. The molecule has 8 aromatic rings. The molecule has 2 N–H and O–H groups in total. The van der Waals surface area contributed by atoms with Crippen molar-refractivity contribution >= 4 is 68.3 Å². The summed E-state index contributed by atoms with van der Waals surface area (Å²) < 4.78 is 10.3. The minimum Gasteiger partial charge on any atom is -0.423 e. The summed E-state index contributed by atoms with van der Waals surface area (Å²) in [5.74, 6) is 0. The van der Waals surface area contributed by atoms with Crippen molar-refractivity contribution in [1.29, 1.82) is 0 Å². The molecule has 0 spiro atoms. The van der Waals surface area contributed by atoms with E-state index in [2.05, 4.69) is 145 Å². The summed E-state index contributed by atoms with van der Waals surface area (Å²) in [6.45, 7) is 3.10. The first kappa shape index (κ1) is 38.9. The highest BCUT2D eigenvalue weighted by molar-refractivity contribution is 6.60. The van der Waals surface area contributed by atoms with Crippen LogP contribution in [0, 0.1) is 0 Å². The van der Waals surface area contributed by atoms with E-state index < -0.39 is 14.2 Å². The summed E-state index contributed by atoms with van der Waals surface area (Å²) >= 11 is 0. The molecule has 0 heterocycles. The molecule has 280 valence electrons. The van der Waals surface area contributed by atoms with Gasteiger partial charge in [-0.15, -0.1) is 0 Å². The van der Waals surface area contributed by atoms with Gasteiger partial charge in [0.05, 0.1) is 0 Å². The van der Waals surface area contributed by atoms with Gasteiger partial charge in [0.25, 0.3) is 0 Å². The Hall–Kier alpha value is -5.31. The molecule has 0 radical (unpaired) electrons. The lowest BCUT2D eigenvalue weighted by Gasteiger charge is -2.21. The average Bonchev–Trinajstić information content (AvgIpc) is 3.23. The zero-order chi connectivity index (χ0) is 39.0. The second-order valence-electron chi connectivity index (χ2n) is 14.5. The van der Waals surface area contributed by atoms with Crippen LogP contribution in [-0.2, 0) is 35.5 Å². The third-order valence-corrected chi connectivity index (χ3v) is 10.6. The standard InChI is InChI=1S/2C24H24BNO2/c2*1-26(16-20-11-5-8-14-24(20)25(27)28-2)17-23-21-12-6-3-9-18(21)15-19-10-4-7-13-22(19)23/h2*3-15,27H,16-17H2,1-2H3. The maximum Gasteiger partial charge on any atom is 0.491 e. The average molecular weight is 739 g/mol. The molecule has 0 fully saturated rings. The van der Waals surface area contributed by atoms with E-state index in [-0.39, 0.29) is 0 Å². The minimum atomic E-state index is -0.900. The largest absolute Gasteiger partial charge is 0.491 e. The Morgan fingerprint density at radius 2 is 0.696 bits per heavy atom. The lowest BCUT2D eigenvalue weighted by atomic mass is 9.76. The highest BCUT2D eigenvalue weighted by atomic mass is 16.5. The minimum absolute atomic E-state index is 0.730. The quantitative estimate of drug-likeness (QED) is 0.0982. The van der Waals surface area contributed by atoms with E-state index >= 15 is 0 Å². The first-order valence-electron chi connectivity index (χ1n) is 19.1. The molecule has 0 bridgehead atoms. The molecule has 8 rings (SSSR count). The van der Waals surface area contributed by atoms with Crippen LogP contribution in [0.3, 0.4) is 0 Å². The Labute approximate surface area is 330 Å². The van der Waals surface area contributed by atoms with E-state index in [4.69, 9.17) is 9.31 Å². The fourth-order valence-electron chi connectivity index (χ4n) is 7.88. The highest BCUT2D eigenvalue weighted by Gasteiger charge is 2.21. The fraction of sp³-hybridized carbons (Fsp3) is 0.167. The van der Waals surface area contributed by atoms with E-state index in [9.17, 15) is 10.0 Å². The SMILES string of the molecule is COB(O)c1ccccc1CN(C)Cc1c2ccccc2cc2ccccc12.COB(O)c1ccccc1CN(C)Cc1c2ccccc2cc2ccccc12. The zero-order valence-electron chi connectivity index (χ0n) is 32.6. The number of fused-ring (bicyclic) bond motifs is 4. The van der Waals surface area contributed by atoms with E-state index in [0.29, 0.717) is 0 Å². The molecule has 0 atom stereocenters. The Morgan fingerprint density at radius 3 is 1.02 bits per heavy atom. The van der Waals surface area contributed by atoms with Crippen LogP contribution in [0.15, 0.2) is 158 Å². The van der Waals surface area contributed by atoms with Gasteiger partial charge in [0.2, 0.25) is 0 Å². The van der Waals surface area contributed by atoms with Crippen molar-refractivity contribution in [2.75, 3.05) is 28.3 Å². The smallest absolute Gasteiger partial charge is 0.423 e. The Kier molecular flexibility index (Phi) is 12.6. The highest BCUT2D eigenvalue weighted by Crippen LogP contribution is 2.31. The molecular weight excluding hydrogens is 690 g/mol. The maximum absolute atomic E-state index is 10.2. The van der Waals surface area contributed by atoms with Gasteiger partial charge in [0.15, 0.2) is 0 Å². The van der Waals surface area contributed by atoms with Crippen molar-refractivity contribution < 1.29 is 19.4 Å². The van der Waals surface area contributed by atoms with Crippen molar-refractivity contribution in [1.82, 2.24) is 9.80 Å². The van der Waals surface area contributed by atoms with E-state index in [1.165, 1.54) is 68.4 Å². The van der Waals surface area contributed by atoms with Gasteiger partial charge in [-0.05, 0) is 102 Å². The van der Waals surface area contributed by atoms with Crippen LogP contribution in [0.2, 0.25) is 0 Å². The fourth-order valence-corrected chi connectivity index (χ4v) is 7.88. The summed E-state index contributed by atoms with van der Waals surface area (Å²) in [4.78, 5) is 4.57. The number of hydrogen-bond donors (Lipinski definition) is 2. The molecule has 0 aliphatic rings. The van der Waals surface area contributed by atoms with Gasteiger partial charge in [-0.25, -0.2) is 0 Å². The number of hydrogen-bond acceptors (Lipinski definition) is 6. The molecule has 6 nitrogen and oxygen atoms in total. The maximum atomic E-state index is 10.2. The number of benzene rings is 8. The summed E-state index contributed by atoms with van der Waals surface area (Å²) in [5.41, 5.74) is 6.45. The summed E-state index contributed by atoms with van der Waals surface area (Å²) in [7, 11) is 5.48. The first-order chi connectivity index (χ1) is 27.3. The Balaban J connectivity index is 0.000000172. The van der Waals surface area contributed by atoms with Crippen molar-refractivity contribution in [3.05, 3.63) is 180 Å². The molecule has 0 saturated carbocycles. The molecule has 8 aromatic carbocycles. The monoisotopic (exact) mass is 738 g/mol. The second-order valence-corrected chi connectivity index (χ2v) is 14.5. The van der Waals surface area contributed by atoms with Gasteiger partial charge in [0.1, 0.15) is 0 Å². The zero-order valence-corrected chi connectivity index (χ0v) is 32.6. The molecule has 0 amide bonds. The van der Waals surface area contributed by atoms with Crippen LogP contribution in [0.5, 0.6) is 0 Å². The molecule has 8 heteroatoms. The molecule has 0 aliphatic heterocycles. The first-order valence-corrected chi connectivity index (χ1v) is 19.1. The van der Waals surface area contributed by atoms with E-state index in [1.54, 1.807) is 0 Å². The molecule has 0 aliphatic carbocycles. The second kappa shape index (κ2) is 18.1. The molecule has 0 saturated heterocycles. The van der Waals surface area contributed by atoms with E-state index in [0.717, 1.165) is 48.2 Å². The van der Waals surface area contributed by atoms with Crippen LogP contribution in [0.4, 0.5) is 0 Å². The van der Waals surface area contributed by atoms with Gasteiger partial charge in [-0.3, -0.25) is 9.80 Å². The summed E-state index contributed by atoms with van der Waals surface area (Å²) in [6.07, 6.45) is 0. The van der Waals surface area contributed by atoms with Gasteiger partial charge >= 0.3 is 14.2 Å².